The summed E-state index contributed by atoms with van der Waals surface area (Å²) in [6.45, 7) is 8.49. The fourth-order valence-electron chi connectivity index (χ4n) is 0.909. The van der Waals surface area contributed by atoms with Crippen LogP contribution in [0.5, 0.6) is 0 Å². The van der Waals surface area contributed by atoms with Crippen molar-refractivity contribution in [3.8, 4) is 0 Å². The first-order valence-electron chi connectivity index (χ1n) is 5.70. The molecule has 0 radical (unpaired) electrons. The van der Waals surface area contributed by atoms with Crippen LogP contribution in [0.2, 0.25) is 0 Å². The van der Waals surface area contributed by atoms with Gasteiger partial charge in [0.2, 0.25) is 0 Å². The van der Waals surface area contributed by atoms with E-state index >= 15 is 0 Å². The van der Waals surface area contributed by atoms with Crippen molar-refractivity contribution in [3.63, 3.8) is 0 Å². The average Bonchev–Trinajstić information content (AvgIpc) is 2.34. The van der Waals surface area contributed by atoms with Crippen molar-refractivity contribution in [1.82, 2.24) is 10.3 Å². The Morgan fingerprint density at radius 3 is 2.18 bits per heavy atom. The Labute approximate surface area is 103 Å². The maximum Gasteiger partial charge on any atom is 0.374 e. The van der Waals surface area contributed by atoms with Crippen molar-refractivity contribution in [2.75, 3.05) is 7.05 Å². The van der Waals surface area contributed by atoms with Gasteiger partial charge in [0.25, 0.3) is 0 Å². The number of aromatic nitrogens is 1. The van der Waals surface area contributed by atoms with Gasteiger partial charge in [-0.2, -0.15) is 0 Å². The van der Waals surface area contributed by atoms with E-state index in [1.54, 1.807) is 19.2 Å². The molecule has 0 amide bonds. The maximum absolute atomic E-state index is 10.8. The highest BCUT2D eigenvalue weighted by Gasteiger charge is 2.18. The average molecular weight is 262 g/mol. The SMILES string of the molecule is CC.CC.CNCc1cccc(P(=O)(O)O)n1. The summed E-state index contributed by atoms with van der Waals surface area (Å²) >= 11 is 0. The van der Waals surface area contributed by atoms with E-state index in [0.29, 0.717) is 12.2 Å². The maximum atomic E-state index is 10.8. The molecule has 3 N–H and O–H groups in total. The number of rotatable bonds is 3. The van der Waals surface area contributed by atoms with Gasteiger partial charge in [-0.3, -0.25) is 4.57 Å². The van der Waals surface area contributed by atoms with Crippen molar-refractivity contribution in [2.24, 2.45) is 0 Å². The molecule has 1 aromatic heterocycles. The Bertz CT molecular complexity index is 339. The van der Waals surface area contributed by atoms with Crippen LogP contribution in [-0.2, 0) is 11.1 Å². The summed E-state index contributed by atoms with van der Waals surface area (Å²) < 4.78 is 10.8. The van der Waals surface area contributed by atoms with Crippen LogP contribution >= 0.6 is 7.60 Å². The number of hydrogen-bond acceptors (Lipinski definition) is 3. The molecule has 5 nitrogen and oxygen atoms in total. The Hall–Kier alpha value is -0.740. The molecular weight excluding hydrogens is 239 g/mol. The van der Waals surface area contributed by atoms with Crippen LogP contribution in [0.25, 0.3) is 0 Å². The highest BCUT2D eigenvalue weighted by atomic mass is 31.2. The Morgan fingerprint density at radius 1 is 1.24 bits per heavy atom. The van der Waals surface area contributed by atoms with Gasteiger partial charge in [-0.1, -0.05) is 33.8 Å². The second kappa shape index (κ2) is 10.4. The van der Waals surface area contributed by atoms with Crippen molar-refractivity contribution >= 4 is 13.0 Å². The number of nitrogens with zero attached hydrogens (tertiary/aromatic N) is 1. The van der Waals surface area contributed by atoms with Crippen LogP contribution in [0.3, 0.4) is 0 Å². The lowest BCUT2D eigenvalue weighted by atomic mass is 10.3. The van der Waals surface area contributed by atoms with E-state index in [1.807, 2.05) is 27.7 Å². The van der Waals surface area contributed by atoms with Crippen molar-refractivity contribution in [2.45, 2.75) is 34.2 Å². The summed E-state index contributed by atoms with van der Waals surface area (Å²) in [6.07, 6.45) is 0. The Kier molecular flexibility index (Phi) is 11.4. The Balaban J connectivity index is 0. The molecule has 0 unspecified atom stereocenters. The van der Waals surface area contributed by atoms with Gasteiger partial charge in [0.05, 0.1) is 5.69 Å². The molecule has 1 aromatic rings. The van der Waals surface area contributed by atoms with E-state index in [9.17, 15) is 4.57 Å². The fraction of sp³-hybridized carbons (Fsp3) is 0.545. The number of hydrogen-bond donors (Lipinski definition) is 3. The van der Waals surface area contributed by atoms with Crippen LogP contribution < -0.4 is 10.8 Å². The van der Waals surface area contributed by atoms with E-state index in [-0.39, 0.29) is 5.44 Å². The topological polar surface area (TPSA) is 82.5 Å². The molecule has 1 heterocycles. The smallest absolute Gasteiger partial charge is 0.320 e. The standard InChI is InChI=1S/C7H11N2O3P.2C2H6/c1-8-5-6-3-2-4-7(9-6)13(10,11)12;2*1-2/h2-4,8H,5H2,1H3,(H2,10,11,12);2*1-2H3. The van der Waals surface area contributed by atoms with E-state index in [4.69, 9.17) is 9.79 Å². The van der Waals surface area contributed by atoms with Crippen LogP contribution in [-0.4, -0.2) is 21.8 Å². The zero-order chi connectivity index (χ0) is 13.9. The van der Waals surface area contributed by atoms with Crippen molar-refractivity contribution < 1.29 is 14.4 Å². The van der Waals surface area contributed by atoms with E-state index in [0.717, 1.165) is 0 Å². The summed E-state index contributed by atoms with van der Waals surface area (Å²) in [5.41, 5.74) is 0.434. The molecule has 1 rings (SSSR count). The van der Waals surface area contributed by atoms with Gasteiger partial charge in [-0.25, -0.2) is 4.98 Å². The first-order chi connectivity index (χ1) is 8.04. The Morgan fingerprint density at radius 2 is 1.76 bits per heavy atom. The molecular formula is C11H23N2O3P. The van der Waals surface area contributed by atoms with E-state index in [2.05, 4.69) is 10.3 Å². The molecule has 0 atom stereocenters. The van der Waals surface area contributed by atoms with Gasteiger partial charge in [0.15, 0.2) is 5.44 Å². The molecule has 17 heavy (non-hydrogen) atoms. The highest BCUT2D eigenvalue weighted by Crippen LogP contribution is 2.31. The fourth-order valence-corrected chi connectivity index (χ4v) is 1.45. The summed E-state index contributed by atoms with van der Waals surface area (Å²) in [5, 5.41) is 2.85. The normalized spacial score (nSPS) is 9.59. The van der Waals surface area contributed by atoms with Gasteiger partial charge in [0.1, 0.15) is 0 Å². The predicted octanol–water partition coefficient (Wildman–Crippen LogP) is 1.66. The minimum Gasteiger partial charge on any atom is -0.320 e. The predicted molar refractivity (Wildman–Crippen MR) is 71.4 cm³/mol. The molecule has 100 valence electrons. The van der Waals surface area contributed by atoms with Crippen LogP contribution in [0.1, 0.15) is 33.4 Å². The first-order valence-corrected chi connectivity index (χ1v) is 7.32. The largest absolute Gasteiger partial charge is 0.374 e. The molecule has 0 saturated carbocycles. The first kappa shape index (κ1) is 18.6. The molecule has 0 aromatic carbocycles. The molecule has 0 aliphatic carbocycles. The zero-order valence-corrected chi connectivity index (χ0v) is 12.0. The molecule has 6 heteroatoms. The van der Waals surface area contributed by atoms with Gasteiger partial charge >= 0.3 is 7.60 Å². The third-order valence-electron chi connectivity index (χ3n) is 1.45. The third kappa shape index (κ3) is 8.05. The molecule has 0 aliphatic rings. The summed E-state index contributed by atoms with van der Waals surface area (Å²) in [7, 11) is -2.47. The van der Waals surface area contributed by atoms with Crippen LogP contribution in [0, 0.1) is 0 Å². The van der Waals surface area contributed by atoms with Gasteiger partial charge < -0.3 is 15.1 Å². The van der Waals surface area contributed by atoms with Crippen molar-refractivity contribution in [1.29, 1.82) is 0 Å². The lowest BCUT2D eigenvalue weighted by Crippen LogP contribution is -2.14. The minimum atomic E-state index is -4.21. The summed E-state index contributed by atoms with van der Waals surface area (Å²) in [4.78, 5) is 21.4. The third-order valence-corrected chi connectivity index (χ3v) is 2.29. The lowest BCUT2D eigenvalue weighted by Gasteiger charge is -2.04. The minimum absolute atomic E-state index is 0.180. The second-order valence-corrected chi connectivity index (χ2v) is 4.11. The van der Waals surface area contributed by atoms with Crippen LogP contribution in [0.15, 0.2) is 18.2 Å². The van der Waals surface area contributed by atoms with Gasteiger partial charge in [-0.05, 0) is 19.2 Å². The number of nitrogens with one attached hydrogen (secondary N) is 1. The highest BCUT2D eigenvalue weighted by molar-refractivity contribution is 7.60. The monoisotopic (exact) mass is 262 g/mol. The second-order valence-electron chi connectivity index (χ2n) is 2.56. The van der Waals surface area contributed by atoms with Crippen LogP contribution in [0.4, 0.5) is 0 Å². The zero-order valence-electron chi connectivity index (χ0n) is 11.1. The van der Waals surface area contributed by atoms with E-state index < -0.39 is 7.60 Å². The molecule has 0 bridgehead atoms. The summed E-state index contributed by atoms with van der Waals surface area (Å²) in [5.74, 6) is 0. The number of pyridine rings is 1. The molecule has 0 fully saturated rings. The lowest BCUT2D eigenvalue weighted by molar-refractivity contribution is 0.386. The van der Waals surface area contributed by atoms with Gasteiger partial charge in [-0.15, -0.1) is 0 Å². The quantitative estimate of drug-likeness (QED) is 0.722. The molecule has 0 saturated heterocycles. The van der Waals surface area contributed by atoms with E-state index in [1.165, 1.54) is 6.07 Å². The van der Waals surface area contributed by atoms with Crippen molar-refractivity contribution in [3.05, 3.63) is 23.9 Å². The summed E-state index contributed by atoms with van der Waals surface area (Å²) in [6, 6.07) is 4.60. The molecule has 0 spiro atoms. The molecule has 0 aliphatic heterocycles. The van der Waals surface area contributed by atoms with Gasteiger partial charge in [0, 0.05) is 6.54 Å².